The maximum Gasteiger partial charge on any atom is 0.274 e. The van der Waals surface area contributed by atoms with Crippen LogP contribution in [-0.2, 0) is 20.0 Å². The molecule has 0 spiro atoms. The number of carbonyl (C=O) groups excluding carboxylic acids is 1. The molecule has 5 rings (SSSR count). The van der Waals surface area contributed by atoms with Gasteiger partial charge in [0.1, 0.15) is 11.5 Å². The Hall–Kier alpha value is -3.71. The zero-order valence-electron chi connectivity index (χ0n) is 21.1. The summed E-state index contributed by atoms with van der Waals surface area (Å²) in [5.74, 6) is 1.37. The molecule has 1 aliphatic heterocycles. The number of amides is 1. The zero-order valence-corrected chi connectivity index (χ0v) is 21.1. The lowest BCUT2D eigenvalue weighted by atomic mass is 9.84. The van der Waals surface area contributed by atoms with E-state index in [0.717, 1.165) is 44.7 Å². The summed E-state index contributed by atoms with van der Waals surface area (Å²) in [6.07, 6.45) is 8.71. The molecule has 1 amide bonds. The number of likely N-dealkylation sites (tertiary alicyclic amines) is 1. The summed E-state index contributed by atoms with van der Waals surface area (Å²) in [6.45, 7) is 2.91. The largest absolute Gasteiger partial charge is 0.337 e. The van der Waals surface area contributed by atoms with E-state index in [1.165, 1.54) is 11.3 Å². The van der Waals surface area contributed by atoms with E-state index >= 15 is 0 Å². The molecule has 1 aromatic carbocycles. The molecule has 186 valence electrons. The molecule has 0 bridgehead atoms. The highest BCUT2D eigenvalue weighted by Crippen LogP contribution is 2.28. The number of pyridine rings is 1. The Balaban J connectivity index is 1.28. The minimum absolute atomic E-state index is 0.00727. The molecule has 0 aliphatic carbocycles. The van der Waals surface area contributed by atoms with Gasteiger partial charge in [-0.25, -0.2) is 4.98 Å². The van der Waals surface area contributed by atoms with Crippen LogP contribution in [0.3, 0.4) is 0 Å². The Morgan fingerprint density at radius 1 is 1.00 bits per heavy atom. The fourth-order valence-electron chi connectivity index (χ4n) is 5.33. The number of hydrogen-bond acceptors (Lipinski definition) is 4. The van der Waals surface area contributed by atoms with E-state index < -0.39 is 0 Å². The van der Waals surface area contributed by atoms with E-state index in [0.29, 0.717) is 11.6 Å². The third kappa shape index (κ3) is 5.41. The van der Waals surface area contributed by atoms with Gasteiger partial charge in [-0.05, 0) is 74.2 Å². The predicted molar refractivity (Wildman–Crippen MR) is 141 cm³/mol. The van der Waals surface area contributed by atoms with Gasteiger partial charge in [0.15, 0.2) is 0 Å². The number of piperidine rings is 1. The van der Waals surface area contributed by atoms with Crippen molar-refractivity contribution in [1.29, 1.82) is 0 Å². The number of aryl methyl sites for hydroxylation is 1. The van der Waals surface area contributed by atoms with E-state index in [2.05, 4.69) is 62.1 Å². The Labute approximate surface area is 213 Å². The summed E-state index contributed by atoms with van der Waals surface area (Å²) in [7, 11) is 3.79. The van der Waals surface area contributed by atoms with Crippen molar-refractivity contribution in [2.24, 2.45) is 13.0 Å². The minimum atomic E-state index is -0.00727. The summed E-state index contributed by atoms with van der Waals surface area (Å²) in [4.78, 5) is 22.3. The minimum Gasteiger partial charge on any atom is -0.337 e. The molecule has 7 nitrogen and oxygen atoms in total. The molecule has 1 atom stereocenters. The fraction of sp³-hybridized carbons (Fsp3) is 0.345. The molecule has 7 heteroatoms. The van der Waals surface area contributed by atoms with Crippen LogP contribution < -0.4 is 0 Å². The second kappa shape index (κ2) is 10.9. The summed E-state index contributed by atoms with van der Waals surface area (Å²) >= 11 is 0. The molecule has 1 aliphatic rings. The maximum absolute atomic E-state index is 13.3. The second-order valence-electron chi connectivity index (χ2n) is 9.72. The monoisotopic (exact) mass is 482 g/mol. The number of likely N-dealkylation sites (N-methyl/N-ethyl adjacent to an activating group) is 1. The van der Waals surface area contributed by atoms with Crippen molar-refractivity contribution in [2.75, 3.05) is 20.1 Å². The lowest BCUT2D eigenvalue weighted by Crippen LogP contribution is -2.47. The van der Waals surface area contributed by atoms with Crippen LogP contribution in [0.15, 0.2) is 85.3 Å². The van der Waals surface area contributed by atoms with Gasteiger partial charge < -0.3 is 9.47 Å². The second-order valence-corrected chi connectivity index (χ2v) is 9.72. The van der Waals surface area contributed by atoms with Gasteiger partial charge in [-0.1, -0.05) is 36.4 Å². The SMILES string of the molecule is CN(C(=O)c1ccn(C)n1)[C@@H](Cc1ccccc1)C1CCN(Cc2cccn2-c2ccccn2)CC1. The zero-order chi connectivity index (χ0) is 24.9. The lowest BCUT2D eigenvalue weighted by Gasteiger charge is -2.40. The van der Waals surface area contributed by atoms with Gasteiger partial charge in [0.25, 0.3) is 5.91 Å². The summed E-state index contributed by atoms with van der Waals surface area (Å²) in [5.41, 5.74) is 3.01. The van der Waals surface area contributed by atoms with Crippen LogP contribution in [0.4, 0.5) is 0 Å². The van der Waals surface area contributed by atoms with Crippen LogP contribution in [0.2, 0.25) is 0 Å². The first kappa shape index (κ1) is 24.0. The van der Waals surface area contributed by atoms with Crippen molar-refractivity contribution >= 4 is 5.91 Å². The molecule has 0 N–H and O–H groups in total. The Morgan fingerprint density at radius 2 is 1.78 bits per heavy atom. The quantitative estimate of drug-likeness (QED) is 0.378. The van der Waals surface area contributed by atoms with Gasteiger partial charge in [0.05, 0.1) is 0 Å². The molecular formula is C29H34N6O. The number of benzene rings is 1. The van der Waals surface area contributed by atoms with Crippen molar-refractivity contribution in [1.82, 2.24) is 29.1 Å². The molecule has 1 saturated heterocycles. The van der Waals surface area contributed by atoms with Crippen LogP contribution in [0, 0.1) is 5.92 Å². The smallest absolute Gasteiger partial charge is 0.274 e. The molecule has 1 fully saturated rings. The van der Waals surface area contributed by atoms with Crippen LogP contribution in [0.1, 0.15) is 34.6 Å². The van der Waals surface area contributed by atoms with Gasteiger partial charge in [0, 0.05) is 51.0 Å². The summed E-state index contributed by atoms with van der Waals surface area (Å²) in [6, 6.07) is 22.7. The molecule has 0 unspecified atom stereocenters. The van der Waals surface area contributed by atoms with Crippen LogP contribution in [-0.4, -0.2) is 61.2 Å². The fourth-order valence-corrected chi connectivity index (χ4v) is 5.33. The lowest BCUT2D eigenvalue weighted by molar-refractivity contribution is 0.0577. The number of carbonyl (C=O) groups is 1. The van der Waals surface area contributed by atoms with E-state index in [-0.39, 0.29) is 11.9 Å². The number of rotatable bonds is 8. The van der Waals surface area contributed by atoms with Crippen molar-refractivity contribution < 1.29 is 4.79 Å². The van der Waals surface area contributed by atoms with Crippen molar-refractivity contribution in [2.45, 2.75) is 31.8 Å². The summed E-state index contributed by atoms with van der Waals surface area (Å²) in [5, 5.41) is 4.36. The first-order valence-corrected chi connectivity index (χ1v) is 12.7. The summed E-state index contributed by atoms with van der Waals surface area (Å²) < 4.78 is 3.86. The number of nitrogens with zero attached hydrogens (tertiary/aromatic N) is 6. The highest BCUT2D eigenvalue weighted by Gasteiger charge is 2.32. The molecule has 0 saturated carbocycles. The van der Waals surface area contributed by atoms with E-state index in [1.807, 2.05) is 55.7 Å². The molecule has 36 heavy (non-hydrogen) atoms. The third-order valence-corrected chi connectivity index (χ3v) is 7.33. The molecule has 4 aromatic rings. The van der Waals surface area contributed by atoms with Crippen molar-refractivity contribution in [3.8, 4) is 5.82 Å². The van der Waals surface area contributed by atoms with E-state index in [9.17, 15) is 4.79 Å². The van der Waals surface area contributed by atoms with E-state index in [1.54, 1.807) is 10.7 Å². The molecule has 4 heterocycles. The van der Waals surface area contributed by atoms with Gasteiger partial charge in [-0.15, -0.1) is 0 Å². The normalized spacial score (nSPS) is 15.6. The Bertz CT molecular complexity index is 1260. The molecule has 3 aromatic heterocycles. The average molecular weight is 483 g/mol. The number of aromatic nitrogens is 4. The third-order valence-electron chi connectivity index (χ3n) is 7.33. The Morgan fingerprint density at radius 3 is 2.47 bits per heavy atom. The van der Waals surface area contributed by atoms with Gasteiger partial charge in [0.2, 0.25) is 0 Å². The first-order chi connectivity index (χ1) is 17.6. The molecular weight excluding hydrogens is 448 g/mol. The standard InChI is InChI=1S/C29H34N6O/c1-32-18-15-26(31-32)29(36)33(2)27(21-23-9-4-3-5-10-23)24-13-19-34(20-14-24)22-25-11-8-17-35(25)28-12-6-7-16-30-28/h3-12,15-18,24,27H,13-14,19-22H2,1-2H3/t27-/m0/s1. The predicted octanol–water partition coefficient (Wildman–Crippen LogP) is 4.20. The van der Waals surface area contributed by atoms with Crippen molar-refractivity contribution in [3.05, 3.63) is 102 Å². The van der Waals surface area contributed by atoms with Crippen molar-refractivity contribution in [3.63, 3.8) is 0 Å². The van der Waals surface area contributed by atoms with E-state index in [4.69, 9.17) is 0 Å². The number of hydrogen-bond donors (Lipinski definition) is 0. The maximum atomic E-state index is 13.3. The first-order valence-electron chi connectivity index (χ1n) is 12.7. The highest BCUT2D eigenvalue weighted by atomic mass is 16.2. The highest BCUT2D eigenvalue weighted by molar-refractivity contribution is 5.92. The average Bonchev–Trinajstić information content (AvgIpc) is 3.57. The van der Waals surface area contributed by atoms with Gasteiger partial charge in [-0.3, -0.25) is 14.4 Å². The van der Waals surface area contributed by atoms with Crippen LogP contribution in [0.25, 0.3) is 5.82 Å². The van der Waals surface area contributed by atoms with Crippen LogP contribution >= 0.6 is 0 Å². The molecule has 0 radical (unpaired) electrons. The topological polar surface area (TPSA) is 59.2 Å². The van der Waals surface area contributed by atoms with Gasteiger partial charge >= 0.3 is 0 Å². The van der Waals surface area contributed by atoms with Gasteiger partial charge in [-0.2, -0.15) is 5.10 Å². The van der Waals surface area contributed by atoms with Crippen LogP contribution in [0.5, 0.6) is 0 Å². The Kier molecular flexibility index (Phi) is 7.28.